The van der Waals surface area contributed by atoms with Crippen LogP contribution in [0.1, 0.15) is 12.7 Å². The molecule has 0 bridgehead atoms. The third-order valence-electron chi connectivity index (χ3n) is 2.54. The predicted octanol–water partition coefficient (Wildman–Crippen LogP) is -0.124. The molecule has 1 atom stereocenters. The molecule has 2 heterocycles. The second-order valence-electron chi connectivity index (χ2n) is 3.99. The number of aryl methyl sites for hydroxylation is 1. The Kier molecular flexibility index (Phi) is 2.73. The Morgan fingerprint density at radius 2 is 2.40 bits per heavy atom. The lowest BCUT2D eigenvalue weighted by Gasteiger charge is -2.32. The predicted molar refractivity (Wildman–Crippen MR) is 59.3 cm³/mol. The molecule has 82 valence electrons. The Morgan fingerprint density at radius 1 is 1.60 bits per heavy atom. The SMILES string of the molecule is Cc1nc(N2CCNC(C)C2)cc(=O)[nH]1. The normalized spacial score (nSPS) is 21.7. The zero-order chi connectivity index (χ0) is 10.8. The molecule has 2 rings (SSSR count). The van der Waals surface area contributed by atoms with Gasteiger partial charge in [-0.3, -0.25) is 4.79 Å². The molecule has 0 amide bonds. The number of aromatic amines is 1. The van der Waals surface area contributed by atoms with Crippen molar-refractivity contribution in [3.05, 3.63) is 22.2 Å². The zero-order valence-electron chi connectivity index (χ0n) is 9.08. The third-order valence-corrected chi connectivity index (χ3v) is 2.54. The molecule has 1 aromatic rings. The van der Waals surface area contributed by atoms with Gasteiger partial charge in [0.15, 0.2) is 0 Å². The van der Waals surface area contributed by atoms with Crippen LogP contribution >= 0.6 is 0 Å². The molecular formula is C10H16N4O. The van der Waals surface area contributed by atoms with Crippen LogP contribution < -0.4 is 15.8 Å². The first-order chi connectivity index (χ1) is 7.15. The second kappa shape index (κ2) is 4.02. The molecule has 1 aliphatic heterocycles. The lowest BCUT2D eigenvalue weighted by molar-refractivity contribution is 0.482. The van der Waals surface area contributed by atoms with Crippen molar-refractivity contribution in [3.8, 4) is 0 Å². The maximum atomic E-state index is 11.3. The molecule has 1 saturated heterocycles. The van der Waals surface area contributed by atoms with Crippen molar-refractivity contribution >= 4 is 5.82 Å². The summed E-state index contributed by atoms with van der Waals surface area (Å²) in [7, 11) is 0. The van der Waals surface area contributed by atoms with Crippen molar-refractivity contribution in [3.63, 3.8) is 0 Å². The molecule has 2 N–H and O–H groups in total. The molecule has 0 radical (unpaired) electrons. The van der Waals surface area contributed by atoms with Crippen LogP contribution in [0.25, 0.3) is 0 Å². The number of rotatable bonds is 1. The summed E-state index contributed by atoms with van der Waals surface area (Å²) in [6.07, 6.45) is 0. The van der Waals surface area contributed by atoms with Gasteiger partial charge >= 0.3 is 0 Å². The van der Waals surface area contributed by atoms with Gasteiger partial charge in [0.05, 0.1) is 0 Å². The Labute approximate surface area is 88.5 Å². The second-order valence-corrected chi connectivity index (χ2v) is 3.99. The fourth-order valence-corrected chi connectivity index (χ4v) is 1.87. The number of nitrogens with zero attached hydrogens (tertiary/aromatic N) is 2. The number of hydrogen-bond donors (Lipinski definition) is 2. The number of aromatic nitrogens is 2. The number of anilines is 1. The maximum absolute atomic E-state index is 11.3. The lowest BCUT2D eigenvalue weighted by atomic mass is 10.2. The number of piperazine rings is 1. The highest BCUT2D eigenvalue weighted by atomic mass is 16.1. The first-order valence-corrected chi connectivity index (χ1v) is 5.21. The summed E-state index contributed by atoms with van der Waals surface area (Å²) in [6, 6.07) is 2.01. The van der Waals surface area contributed by atoms with Gasteiger partial charge in [-0.1, -0.05) is 0 Å². The van der Waals surface area contributed by atoms with Crippen molar-refractivity contribution in [2.45, 2.75) is 19.9 Å². The summed E-state index contributed by atoms with van der Waals surface area (Å²) in [6.45, 7) is 6.67. The van der Waals surface area contributed by atoms with E-state index in [-0.39, 0.29) is 5.56 Å². The van der Waals surface area contributed by atoms with Gasteiger partial charge in [0.1, 0.15) is 11.6 Å². The Balaban J connectivity index is 2.24. The average Bonchev–Trinajstić information content (AvgIpc) is 2.16. The number of H-pyrrole nitrogens is 1. The van der Waals surface area contributed by atoms with Gasteiger partial charge in [-0.05, 0) is 13.8 Å². The van der Waals surface area contributed by atoms with E-state index in [9.17, 15) is 4.79 Å². The van der Waals surface area contributed by atoms with Crippen LogP contribution in [0.3, 0.4) is 0 Å². The highest BCUT2D eigenvalue weighted by Gasteiger charge is 2.17. The molecule has 15 heavy (non-hydrogen) atoms. The Bertz CT molecular complexity index is 401. The van der Waals surface area contributed by atoms with E-state index in [0.717, 1.165) is 25.5 Å². The standard InChI is InChI=1S/C10H16N4O/c1-7-6-14(4-3-11-7)9-5-10(15)13-8(2)12-9/h5,7,11H,3-4,6H2,1-2H3,(H,12,13,15). The van der Waals surface area contributed by atoms with Crippen molar-refractivity contribution in [2.75, 3.05) is 24.5 Å². The molecule has 0 aromatic carbocycles. The molecule has 1 aliphatic rings. The van der Waals surface area contributed by atoms with E-state index in [0.29, 0.717) is 11.9 Å². The van der Waals surface area contributed by atoms with Crippen LogP contribution in [0.2, 0.25) is 0 Å². The third kappa shape index (κ3) is 2.36. The summed E-state index contributed by atoms with van der Waals surface area (Å²) in [5.41, 5.74) is -0.0799. The molecule has 0 saturated carbocycles. The van der Waals surface area contributed by atoms with Crippen LogP contribution in [0.4, 0.5) is 5.82 Å². The fourth-order valence-electron chi connectivity index (χ4n) is 1.87. The lowest BCUT2D eigenvalue weighted by Crippen LogP contribution is -2.49. The monoisotopic (exact) mass is 208 g/mol. The van der Waals surface area contributed by atoms with Crippen LogP contribution in [-0.4, -0.2) is 35.6 Å². The van der Waals surface area contributed by atoms with Crippen molar-refractivity contribution < 1.29 is 0 Å². The molecule has 5 nitrogen and oxygen atoms in total. The first-order valence-electron chi connectivity index (χ1n) is 5.21. The Morgan fingerprint density at radius 3 is 3.07 bits per heavy atom. The number of nitrogens with one attached hydrogen (secondary N) is 2. The number of hydrogen-bond acceptors (Lipinski definition) is 4. The van der Waals surface area contributed by atoms with Crippen molar-refractivity contribution in [2.24, 2.45) is 0 Å². The minimum atomic E-state index is -0.0799. The van der Waals surface area contributed by atoms with Gasteiger partial charge in [0, 0.05) is 31.7 Å². The summed E-state index contributed by atoms with van der Waals surface area (Å²) in [5.74, 6) is 1.45. The van der Waals surface area contributed by atoms with Gasteiger partial charge in [-0.25, -0.2) is 4.98 Å². The van der Waals surface area contributed by atoms with Crippen molar-refractivity contribution in [1.82, 2.24) is 15.3 Å². The minimum absolute atomic E-state index is 0.0799. The summed E-state index contributed by atoms with van der Waals surface area (Å²) in [5, 5.41) is 3.36. The average molecular weight is 208 g/mol. The largest absolute Gasteiger partial charge is 0.354 e. The van der Waals surface area contributed by atoms with Gasteiger partial charge in [0.2, 0.25) is 0 Å². The van der Waals surface area contributed by atoms with Crippen LogP contribution in [-0.2, 0) is 0 Å². The molecule has 1 unspecified atom stereocenters. The molecular weight excluding hydrogens is 192 g/mol. The van der Waals surface area contributed by atoms with E-state index >= 15 is 0 Å². The summed E-state index contributed by atoms with van der Waals surface area (Å²) >= 11 is 0. The molecule has 0 aliphatic carbocycles. The van der Waals surface area contributed by atoms with E-state index < -0.39 is 0 Å². The van der Waals surface area contributed by atoms with Gasteiger partial charge in [-0.2, -0.15) is 0 Å². The van der Waals surface area contributed by atoms with E-state index in [1.54, 1.807) is 13.0 Å². The zero-order valence-corrected chi connectivity index (χ0v) is 9.08. The Hall–Kier alpha value is -1.36. The van der Waals surface area contributed by atoms with Crippen LogP contribution in [0.5, 0.6) is 0 Å². The van der Waals surface area contributed by atoms with E-state index in [1.165, 1.54) is 0 Å². The van der Waals surface area contributed by atoms with E-state index in [1.807, 2.05) is 0 Å². The highest BCUT2D eigenvalue weighted by Crippen LogP contribution is 2.10. The van der Waals surface area contributed by atoms with Crippen LogP contribution in [0.15, 0.2) is 10.9 Å². The van der Waals surface area contributed by atoms with Gasteiger partial charge in [-0.15, -0.1) is 0 Å². The minimum Gasteiger partial charge on any atom is -0.354 e. The van der Waals surface area contributed by atoms with E-state index in [2.05, 4.69) is 27.1 Å². The van der Waals surface area contributed by atoms with Crippen LogP contribution in [0, 0.1) is 6.92 Å². The molecule has 5 heteroatoms. The quantitative estimate of drug-likeness (QED) is 0.675. The topological polar surface area (TPSA) is 61.0 Å². The summed E-state index contributed by atoms with van der Waals surface area (Å²) in [4.78, 5) is 20.4. The molecule has 0 spiro atoms. The highest BCUT2D eigenvalue weighted by molar-refractivity contribution is 5.38. The molecule has 1 fully saturated rings. The van der Waals surface area contributed by atoms with Gasteiger partial charge < -0.3 is 15.2 Å². The first kappa shape index (κ1) is 10.2. The molecule has 1 aromatic heterocycles. The smallest absolute Gasteiger partial charge is 0.252 e. The van der Waals surface area contributed by atoms with E-state index in [4.69, 9.17) is 0 Å². The maximum Gasteiger partial charge on any atom is 0.252 e. The van der Waals surface area contributed by atoms with Gasteiger partial charge in [0.25, 0.3) is 5.56 Å². The summed E-state index contributed by atoms with van der Waals surface area (Å²) < 4.78 is 0. The van der Waals surface area contributed by atoms with Crippen molar-refractivity contribution in [1.29, 1.82) is 0 Å². The fraction of sp³-hybridized carbons (Fsp3) is 0.600.